The van der Waals surface area contributed by atoms with E-state index in [2.05, 4.69) is 25.3 Å². The summed E-state index contributed by atoms with van der Waals surface area (Å²) in [6, 6.07) is 5.70. The highest BCUT2D eigenvalue weighted by atomic mass is 16.2. The molecule has 2 heterocycles. The summed E-state index contributed by atoms with van der Waals surface area (Å²) in [4.78, 5) is 37.3. The van der Waals surface area contributed by atoms with E-state index in [9.17, 15) is 9.59 Å². The topological polar surface area (TPSA) is 104 Å². The zero-order valence-electron chi connectivity index (χ0n) is 12.9. The highest BCUT2D eigenvalue weighted by molar-refractivity contribution is 5.92. The first-order valence-electron chi connectivity index (χ1n) is 7.38. The van der Waals surface area contributed by atoms with Gasteiger partial charge in [0.2, 0.25) is 0 Å². The average Bonchev–Trinajstić information content (AvgIpc) is 2.95. The Bertz CT molecular complexity index is 892. The number of carbonyl (C=O) groups excluding carboxylic acids is 1. The predicted octanol–water partition coefficient (Wildman–Crippen LogP) is 1.84. The van der Waals surface area contributed by atoms with Crippen LogP contribution in [0.15, 0.2) is 35.4 Å². The quantitative estimate of drug-likeness (QED) is 0.684. The van der Waals surface area contributed by atoms with Crippen LogP contribution in [0.5, 0.6) is 0 Å². The number of imidazole rings is 1. The van der Waals surface area contributed by atoms with Crippen LogP contribution in [0.4, 0.5) is 0 Å². The summed E-state index contributed by atoms with van der Waals surface area (Å²) in [6.07, 6.45) is 3.06. The van der Waals surface area contributed by atoms with Gasteiger partial charge in [-0.2, -0.15) is 0 Å². The SMILES string of the molecule is CCC(NC(=O)c1c[nH]c(=O)cn1)c1nc2ccc(C)cc2[nH]1. The minimum atomic E-state index is -0.357. The molecule has 2 aromatic heterocycles. The van der Waals surface area contributed by atoms with E-state index in [1.54, 1.807) is 0 Å². The van der Waals surface area contributed by atoms with E-state index >= 15 is 0 Å². The molecule has 7 heteroatoms. The summed E-state index contributed by atoms with van der Waals surface area (Å²) in [7, 11) is 0. The van der Waals surface area contributed by atoms with E-state index in [1.807, 2.05) is 32.0 Å². The lowest BCUT2D eigenvalue weighted by atomic mass is 10.2. The predicted molar refractivity (Wildman–Crippen MR) is 86.2 cm³/mol. The smallest absolute Gasteiger partial charge is 0.271 e. The fraction of sp³-hybridized carbons (Fsp3) is 0.250. The van der Waals surface area contributed by atoms with Crippen molar-refractivity contribution in [2.75, 3.05) is 0 Å². The zero-order valence-corrected chi connectivity index (χ0v) is 12.9. The summed E-state index contributed by atoms with van der Waals surface area (Å²) in [5.41, 5.74) is 2.76. The van der Waals surface area contributed by atoms with Gasteiger partial charge in [-0.25, -0.2) is 9.97 Å². The third-order valence-corrected chi connectivity index (χ3v) is 3.60. The average molecular weight is 311 g/mol. The first-order valence-corrected chi connectivity index (χ1v) is 7.38. The van der Waals surface area contributed by atoms with Crippen LogP contribution in [0, 0.1) is 6.92 Å². The molecule has 3 aromatic rings. The van der Waals surface area contributed by atoms with Crippen LogP contribution < -0.4 is 10.9 Å². The molecule has 0 bridgehead atoms. The standard InChI is InChI=1S/C16H17N5O2/c1-3-10(21-16(23)13-7-18-14(22)8-17-13)15-19-11-5-4-9(2)6-12(11)20-15/h4-8,10H,3H2,1-2H3,(H,18,22)(H,19,20)(H,21,23). The van der Waals surface area contributed by atoms with Gasteiger partial charge in [-0.3, -0.25) is 9.59 Å². The van der Waals surface area contributed by atoms with Gasteiger partial charge in [0.25, 0.3) is 11.5 Å². The van der Waals surface area contributed by atoms with Crippen LogP contribution in [0.1, 0.15) is 41.3 Å². The number of aromatic nitrogens is 4. The number of fused-ring (bicyclic) bond motifs is 1. The fourth-order valence-corrected chi connectivity index (χ4v) is 2.37. The Kier molecular flexibility index (Phi) is 3.92. The van der Waals surface area contributed by atoms with Crippen LogP contribution in [0.25, 0.3) is 11.0 Å². The minimum absolute atomic E-state index is 0.162. The molecule has 1 atom stereocenters. The number of hydrogen-bond acceptors (Lipinski definition) is 4. The number of carbonyl (C=O) groups is 1. The Morgan fingerprint density at radius 2 is 2.22 bits per heavy atom. The number of nitrogens with one attached hydrogen (secondary N) is 3. The Hall–Kier alpha value is -2.96. The van der Waals surface area contributed by atoms with Gasteiger partial charge in [0, 0.05) is 6.20 Å². The molecule has 0 aliphatic carbocycles. The molecule has 0 aliphatic heterocycles. The van der Waals surface area contributed by atoms with Gasteiger partial charge >= 0.3 is 0 Å². The lowest BCUT2D eigenvalue weighted by Crippen LogP contribution is -2.30. The number of amides is 1. The second-order valence-electron chi connectivity index (χ2n) is 5.37. The molecule has 7 nitrogen and oxygen atoms in total. The molecule has 1 aromatic carbocycles. The molecule has 0 radical (unpaired) electrons. The zero-order chi connectivity index (χ0) is 16.4. The lowest BCUT2D eigenvalue weighted by Gasteiger charge is -2.14. The third kappa shape index (κ3) is 3.13. The van der Waals surface area contributed by atoms with Crippen molar-refractivity contribution in [2.24, 2.45) is 0 Å². The number of benzene rings is 1. The molecule has 0 aliphatic rings. The second-order valence-corrected chi connectivity index (χ2v) is 5.37. The molecular formula is C16H17N5O2. The fourth-order valence-electron chi connectivity index (χ4n) is 2.37. The highest BCUT2D eigenvalue weighted by Gasteiger charge is 2.18. The number of rotatable bonds is 4. The first kappa shape index (κ1) is 15.0. The summed E-state index contributed by atoms with van der Waals surface area (Å²) < 4.78 is 0. The third-order valence-electron chi connectivity index (χ3n) is 3.60. The molecule has 0 spiro atoms. The van der Waals surface area contributed by atoms with Crippen molar-refractivity contribution in [1.29, 1.82) is 0 Å². The molecule has 3 rings (SSSR count). The number of aromatic amines is 2. The van der Waals surface area contributed by atoms with Gasteiger partial charge in [0.15, 0.2) is 0 Å². The van der Waals surface area contributed by atoms with Crippen LogP contribution in [0.3, 0.4) is 0 Å². The molecule has 1 amide bonds. The van der Waals surface area contributed by atoms with Crippen molar-refractivity contribution in [1.82, 2.24) is 25.3 Å². The molecule has 23 heavy (non-hydrogen) atoms. The van der Waals surface area contributed by atoms with E-state index in [0.29, 0.717) is 12.2 Å². The normalized spacial score (nSPS) is 12.3. The Morgan fingerprint density at radius 1 is 1.39 bits per heavy atom. The number of nitrogens with zero attached hydrogens (tertiary/aromatic N) is 2. The molecule has 118 valence electrons. The number of aryl methyl sites for hydroxylation is 1. The monoisotopic (exact) mass is 311 g/mol. The van der Waals surface area contributed by atoms with Crippen molar-refractivity contribution in [3.05, 3.63) is 58.0 Å². The molecule has 0 saturated heterocycles. The summed E-state index contributed by atoms with van der Waals surface area (Å²) in [5, 5.41) is 2.88. The largest absolute Gasteiger partial charge is 0.341 e. The molecule has 3 N–H and O–H groups in total. The van der Waals surface area contributed by atoms with E-state index in [-0.39, 0.29) is 23.2 Å². The first-order chi connectivity index (χ1) is 11.1. The van der Waals surface area contributed by atoms with Gasteiger partial charge in [0.1, 0.15) is 11.5 Å². The molecule has 0 fully saturated rings. The van der Waals surface area contributed by atoms with Crippen molar-refractivity contribution in [2.45, 2.75) is 26.3 Å². The van der Waals surface area contributed by atoms with Gasteiger partial charge in [-0.1, -0.05) is 13.0 Å². The summed E-state index contributed by atoms with van der Waals surface area (Å²) in [5.74, 6) is 0.343. The van der Waals surface area contributed by atoms with Crippen molar-refractivity contribution < 1.29 is 4.79 Å². The van der Waals surface area contributed by atoms with Gasteiger partial charge < -0.3 is 15.3 Å². The van der Waals surface area contributed by atoms with Gasteiger partial charge in [0.05, 0.1) is 23.3 Å². The van der Waals surface area contributed by atoms with Gasteiger partial charge in [-0.05, 0) is 31.0 Å². The van der Waals surface area contributed by atoms with Gasteiger partial charge in [-0.15, -0.1) is 0 Å². The van der Waals surface area contributed by atoms with Crippen LogP contribution >= 0.6 is 0 Å². The molecule has 0 saturated carbocycles. The van der Waals surface area contributed by atoms with E-state index < -0.39 is 0 Å². The van der Waals surface area contributed by atoms with E-state index in [0.717, 1.165) is 22.8 Å². The van der Waals surface area contributed by atoms with Crippen molar-refractivity contribution >= 4 is 16.9 Å². The Labute approximate surface area is 132 Å². The number of hydrogen-bond donors (Lipinski definition) is 3. The maximum absolute atomic E-state index is 12.2. The number of H-pyrrole nitrogens is 2. The summed E-state index contributed by atoms with van der Waals surface area (Å²) in [6.45, 7) is 3.98. The van der Waals surface area contributed by atoms with Crippen LogP contribution in [-0.2, 0) is 0 Å². The lowest BCUT2D eigenvalue weighted by molar-refractivity contribution is 0.0928. The highest BCUT2D eigenvalue weighted by Crippen LogP contribution is 2.19. The second kappa shape index (κ2) is 6.04. The maximum Gasteiger partial charge on any atom is 0.271 e. The van der Waals surface area contributed by atoms with Crippen LogP contribution in [-0.4, -0.2) is 25.8 Å². The Morgan fingerprint density at radius 3 is 2.91 bits per heavy atom. The van der Waals surface area contributed by atoms with Crippen molar-refractivity contribution in [3.8, 4) is 0 Å². The summed E-state index contributed by atoms with van der Waals surface area (Å²) >= 11 is 0. The maximum atomic E-state index is 12.2. The Balaban J connectivity index is 1.84. The minimum Gasteiger partial charge on any atom is -0.341 e. The van der Waals surface area contributed by atoms with E-state index in [1.165, 1.54) is 6.20 Å². The van der Waals surface area contributed by atoms with E-state index in [4.69, 9.17) is 0 Å². The van der Waals surface area contributed by atoms with Crippen molar-refractivity contribution in [3.63, 3.8) is 0 Å². The molecular weight excluding hydrogens is 294 g/mol. The van der Waals surface area contributed by atoms with Crippen LogP contribution in [0.2, 0.25) is 0 Å². The molecule has 1 unspecified atom stereocenters.